The predicted molar refractivity (Wildman–Crippen MR) is 98.6 cm³/mol. The van der Waals surface area contributed by atoms with Crippen molar-refractivity contribution in [3.05, 3.63) is 47.3 Å². The Kier molecular flexibility index (Phi) is 4.13. The van der Waals surface area contributed by atoms with Crippen molar-refractivity contribution in [3.8, 4) is 0 Å². The summed E-state index contributed by atoms with van der Waals surface area (Å²) in [5, 5.41) is 0. The van der Waals surface area contributed by atoms with Gasteiger partial charge in [0.25, 0.3) is 0 Å². The molecule has 3 heterocycles. The van der Waals surface area contributed by atoms with E-state index in [0.29, 0.717) is 0 Å². The highest BCUT2D eigenvalue weighted by Crippen LogP contribution is 2.27. The molecule has 0 saturated carbocycles. The van der Waals surface area contributed by atoms with Gasteiger partial charge in [-0.1, -0.05) is 31.2 Å². The summed E-state index contributed by atoms with van der Waals surface area (Å²) in [7, 11) is 0. The maximum absolute atomic E-state index is 4.73. The smallest absolute Gasteiger partial charge is 0.134 e. The van der Waals surface area contributed by atoms with Gasteiger partial charge in [-0.2, -0.15) is 0 Å². The maximum atomic E-state index is 4.73. The van der Waals surface area contributed by atoms with E-state index in [1.807, 2.05) is 6.92 Å². The normalized spacial score (nSPS) is 20.8. The molecular formula is C20H26N4. The predicted octanol–water partition coefficient (Wildman–Crippen LogP) is 3.58. The first kappa shape index (κ1) is 15.4. The third kappa shape index (κ3) is 3.10. The summed E-state index contributed by atoms with van der Waals surface area (Å²) in [4.78, 5) is 14.3. The number of anilines is 2. The average molecular weight is 322 g/mol. The molecule has 4 nitrogen and oxygen atoms in total. The lowest BCUT2D eigenvalue weighted by Gasteiger charge is -2.34. The SMILES string of the molecule is Cc1nc(N2CCc3ccccc3C2)cc(N2CCCC(C)C2)n1. The summed E-state index contributed by atoms with van der Waals surface area (Å²) in [6.45, 7) is 8.55. The molecule has 1 aromatic carbocycles. The Morgan fingerprint density at radius 1 is 1.00 bits per heavy atom. The van der Waals surface area contributed by atoms with Gasteiger partial charge in [0.05, 0.1) is 0 Å². The summed E-state index contributed by atoms with van der Waals surface area (Å²) in [6.07, 6.45) is 3.68. The molecule has 0 aliphatic carbocycles. The number of rotatable bonds is 2. The molecule has 1 aromatic heterocycles. The van der Waals surface area contributed by atoms with Gasteiger partial charge in [-0.3, -0.25) is 0 Å². The van der Waals surface area contributed by atoms with Crippen molar-refractivity contribution >= 4 is 11.6 Å². The van der Waals surface area contributed by atoms with Crippen molar-refractivity contribution in [2.24, 2.45) is 5.92 Å². The van der Waals surface area contributed by atoms with Crippen molar-refractivity contribution < 1.29 is 0 Å². The third-order valence-electron chi connectivity index (χ3n) is 5.25. The van der Waals surface area contributed by atoms with Crippen LogP contribution < -0.4 is 9.80 Å². The molecule has 2 aromatic rings. The number of fused-ring (bicyclic) bond motifs is 1. The van der Waals surface area contributed by atoms with Gasteiger partial charge in [-0.05, 0) is 43.2 Å². The van der Waals surface area contributed by atoms with Crippen LogP contribution in [0.1, 0.15) is 36.7 Å². The Hall–Kier alpha value is -2.10. The van der Waals surface area contributed by atoms with Gasteiger partial charge in [-0.15, -0.1) is 0 Å². The number of aromatic nitrogens is 2. The fourth-order valence-corrected chi connectivity index (χ4v) is 3.95. The number of hydrogen-bond donors (Lipinski definition) is 0. The van der Waals surface area contributed by atoms with Gasteiger partial charge in [-0.25, -0.2) is 9.97 Å². The van der Waals surface area contributed by atoms with Crippen molar-refractivity contribution in [2.45, 2.75) is 39.7 Å². The monoisotopic (exact) mass is 322 g/mol. The highest BCUT2D eigenvalue weighted by molar-refractivity contribution is 5.53. The van der Waals surface area contributed by atoms with E-state index in [9.17, 15) is 0 Å². The van der Waals surface area contributed by atoms with Crippen molar-refractivity contribution in [2.75, 3.05) is 29.4 Å². The van der Waals surface area contributed by atoms with Crippen LogP contribution in [0.3, 0.4) is 0 Å². The van der Waals surface area contributed by atoms with Gasteiger partial charge in [0, 0.05) is 32.2 Å². The second kappa shape index (κ2) is 6.42. The van der Waals surface area contributed by atoms with Crippen LogP contribution >= 0.6 is 0 Å². The average Bonchev–Trinajstić information content (AvgIpc) is 2.61. The van der Waals surface area contributed by atoms with E-state index in [2.05, 4.69) is 47.1 Å². The van der Waals surface area contributed by atoms with Crippen LogP contribution in [0.15, 0.2) is 30.3 Å². The molecule has 1 unspecified atom stereocenters. The molecule has 0 N–H and O–H groups in total. The minimum atomic E-state index is 0.749. The molecule has 126 valence electrons. The lowest BCUT2D eigenvalue weighted by molar-refractivity contribution is 0.444. The molecular weight excluding hydrogens is 296 g/mol. The Bertz CT molecular complexity index is 727. The molecule has 0 radical (unpaired) electrons. The highest BCUT2D eigenvalue weighted by atomic mass is 15.2. The van der Waals surface area contributed by atoms with Crippen molar-refractivity contribution in [3.63, 3.8) is 0 Å². The van der Waals surface area contributed by atoms with E-state index in [1.165, 1.54) is 24.0 Å². The number of nitrogens with zero attached hydrogens (tertiary/aromatic N) is 4. The molecule has 4 heteroatoms. The Labute approximate surface area is 144 Å². The van der Waals surface area contributed by atoms with E-state index in [4.69, 9.17) is 9.97 Å². The summed E-state index contributed by atoms with van der Waals surface area (Å²) >= 11 is 0. The van der Waals surface area contributed by atoms with Crippen LogP contribution in [-0.4, -0.2) is 29.6 Å². The number of benzene rings is 1. The largest absolute Gasteiger partial charge is 0.356 e. The third-order valence-corrected chi connectivity index (χ3v) is 5.25. The van der Waals surface area contributed by atoms with Crippen LogP contribution in [0.5, 0.6) is 0 Å². The number of aryl methyl sites for hydroxylation is 1. The number of piperidine rings is 1. The summed E-state index contributed by atoms with van der Waals surface area (Å²) in [5.74, 6) is 3.80. The molecule has 2 aliphatic heterocycles. The molecule has 4 rings (SSSR count). The number of hydrogen-bond acceptors (Lipinski definition) is 4. The van der Waals surface area contributed by atoms with Crippen LogP contribution in [0.25, 0.3) is 0 Å². The first-order chi connectivity index (χ1) is 11.7. The minimum absolute atomic E-state index is 0.749. The van der Waals surface area contributed by atoms with E-state index in [0.717, 1.165) is 56.0 Å². The lowest BCUT2D eigenvalue weighted by Crippen LogP contribution is -2.36. The Morgan fingerprint density at radius 3 is 2.54 bits per heavy atom. The molecule has 1 atom stereocenters. The summed E-state index contributed by atoms with van der Waals surface area (Å²) < 4.78 is 0. The second-order valence-electron chi connectivity index (χ2n) is 7.27. The maximum Gasteiger partial charge on any atom is 0.134 e. The van der Waals surface area contributed by atoms with Crippen LogP contribution in [0.4, 0.5) is 11.6 Å². The second-order valence-corrected chi connectivity index (χ2v) is 7.27. The molecule has 2 aliphatic rings. The quantitative estimate of drug-likeness (QED) is 0.846. The first-order valence-corrected chi connectivity index (χ1v) is 9.11. The summed E-state index contributed by atoms with van der Waals surface area (Å²) in [5.41, 5.74) is 2.90. The lowest BCUT2D eigenvalue weighted by atomic mass is 10.00. The molecule has 0 bridgehead atoms. The van der Waals surface area contributed by atoms with Gasteiger partial charge < -0.3 is 9.80 Å². The topological polar surface area (TPSA) is 32.3 Å². The zero-order chi connectivity index (χ0) is 16.5. The van der Waals surface area contributed by atoms with Crippen molar-refractivity contribution in [1.29, 1.82) is 0 Å². The van der Waals surface area contributed by atoms with Crippen LogP contribution in [0, 0.1) is 12.8 Å². The van der Waals surface area contributed by atoms with E-state index in [-0.39, 0.29) is 0 Å². The van der Waals surface area contributed by atoms with E-state index < -0.39 is 0 Å². The standard InChI is InChI=1S/C20H26N4/c1-15-6-5-10-23(13-15)19-12-20(22-16(2)21-19)24-11-9-17-7-3-4-8-18(17)14-24/h3-4,7-8,12,15H,5-6,9-11,13-14H2,1-2H3. The van der Waals surface area contributed by atoms with Crippen LogP contribution in [0.2, 0.25) is 0 Å². The molecule has 0 amide bonds. The van der Waals surface area contributed by atoms with Gasteiger partial charge in [0.2, 0.25) is 0 Å². The highest BCUT2D eigenvalue weighted by Gasteiger charge is 2.21. The first-order valence-electron chi connectivity index (χ1n) is 9.11. The Balaban J connectivity index is 1.60. The van der Waals surface area contributed by atoms with Gasteiger partial charge in [0.1, 0.15) is 17.5 Å². The zero-order valence-corrected chi connectivity index (χ0v) is 14.7. The minimum Gasteiger partial charge on any atom is -0.356 e. The Morgan fingerprint density at radius 2 is 1.75 bits per heavy atom. The van der Waals surface area contributed by atoms with Crippen molar-refractivity contribution in [1.82, 2.24) is 9.97 Å². The molecule has 1 fully saturated rings. The van der Waals surface area contributed by atoms with E-state index in [1.54, 1.807) is 0 Å². The molecule has 1 saturated heterocycles. The fraction of sp³-hybridized carbons (Fsp3) is 0.500. The van der Waals surface area contributed by atoms with E-state index >= 15 is 0 Å². The molecule has 0 spiro atoms. The van der Waals surface area contributed by atoms with Gasteiger partial charge >= 0.3 is 0 Å². The summed E-state index contributed by atoms with van der Waals surface area (Å²) in [6, 6.07) is 11.0. The molecule has 24 heavy (non-hydrogen) atoms. The fourth-order valence-electron chi connectivity index (χ4n) is 3.95. The van der Waals surface area contributed by atoms with Gasteiger partial charge in [0.15, 0.2) is 0 Å². The van der Waals surface area contributed by atoms with Crippen LogP contribution in [-0.2, 0) is 13.0 Å². The zero-order valence-electron chi connectivity index (χ0n) is 14.7.